The highest BCUT2D eigenvalue weighted by Crippen LogP contribution is 2.49. The summed E-state index contributed by atoms with van der Waals surface area (Å²) in [6.45, 7) is 2.07. The van der Waals surface area contributed by atoms with E-state index in [-0.39, 0.29) is 18.8 Å². The second-order valence-electron chi connectivity index (χ2n) is 7.52. The quantitative estimate of drug-likeness (QED) is 0.755. The molecular weight excluding hydrogens is 370 g/mol. The third-order valence-corrected chi connectivity index (χ3v) is 6.61. The van der Waals surface area contributed by atoms with Crippen LogP contribution in [0.5, 0.6) is 0 Å². The fourth-order valence-corrected chi connectivity index (χ4v) is 4.61. The number of alkyl halides is 2. The van der Waals surface area contributed by atoms with Crippen LogP contribution < -0.4 is 5.32 Å². The molecular formula is C19H24F2N4OS. The summed E-state index contributed by atoms with van der Waals surface area (Å²) < 4.78 is 28.3. The minimum Gasteiger partial charge on any atom is -0.384 e. The molecule has 1 aromatic heterocycles. The maximum absolute atomic E-state index is 13.0. The van der Waals surface area contributed by atoms with Crippen molar-refractivity contribution in [1.29, 1.82) is 0 Å². The molecule has 146 valence electrons. The van der Waals surface area contributed by atoms with Gasteiger partial charge in [-0.3, -0.25) is 4.31 Å². The summed E-state index contributed by atoms with van der Waals surface area (Å²) in [5, 5.41) is 14.2. The van der Waals surface area contributed by atoms with Crippen molar-refractivity contribution in [2.24, 2.45) is 0 Å². The highest BCUT2D eigenvalue weighted by molar-refractivity contribution is 7.96. The van der Waals surface area contributed by atoms with Gasteiger partial charge in [0, 0.05) is 30.7 Å². The number of aromatic nitrogens is 2. The molecule has 0 amide bonds. The van der Waals surface area contributed by atoms with Crippen LogP contribution in [0.3, 0.4) is 0 Å². The number of anilines is 1. The Morgan fingerprint density at radius 1 is 1.30 bits per heavy atom. The van der Waals surface area contributed by atoms with Crippen molar-refractivity contribution in [3.8, 4) is 0 Å². The van der Waals surface area contributed by atoms with Gasteiger partial charge in [0.15, 0.2) is 0 Å². The molecule has 0 spiro atoms. The number of nitrogens with zero attached hydrogens (tertiary/aromatic N) is 3. The molecule has 8 heteroatoms. The molecule has 2 fully saturated rings. The number of nitrogens with one attached hydrogen (secondary N) is 1. The largest absolute Gasteiger partial charge is 0.384 e. The summed E-state index contributed by atoms with van der Waals surface area (Å²) in [5.74, 6) is 0.487. The van der Waals surface area contributed by atoms with Crippen LogP contribution in [0.2, 0.25) is 0 Å². The minimum atomic E-state index is -2.71. The highest BCUT2D eigenvalue weighted by atomic mass is 32.2. The fraction of sp³-hybridized carbons (Fsp3) is 0.579. The molecule has 1 aromatic carbocycles. The van der Waals surface area contributed by atoms with Crippen molar-refractivity contribution in [3.63, 3.8) is 0 Å². The van der Waals surface area contributed by atoms with Gasteiger partial charge in [0.05, 0.1) is 5.52 Å². The average Bonchev–Trinajstić information content (AvgIpc) is 2.65. The standard InChI is InChI=1S/C19H24F2N4OS/c1-27-25-7-5-14(6-8-25)23-18-22-11-12-3-2-4-15(16(12)24-18)13-9-19(26,10-13)17(20)21/h2-4,11,13-14,17,26H,5-10H2,1H3,(H,22,23,24). The zero-order valence-electron chi connectivity index (χ0n) is 15.2. The summed E-state index contributed by atoms with van der Waals surface area (Å²) in [6, 6.07) is 6.08. The zero-order chi connectivity index (χ0) is 19.0. The maximum atomic E-state index is 13.0. The van der Waals surface area contributed by atoms with Gasteiger partial charge >= 0.3 is 0 Å². The van der Waals surface area contributed by atoms with Crippen molar-refractivity contribution in [3.05, 3.63) is 30.0 Å². The van der Waals surface area contributed by atoms with Crippen molar-refractivity contribution in [1.82, 2.24) is 14.3 Å². The topological polar surface area (TPSA) is 61.3 Å². The third kappa shape index (κ3) is 3.75. The van der Waals surface area contributed by atoms with E-state index < -0.39 is 12.0 Å². The first-order valence-electron chi connectivity index (χ1n) is 9.30. The van der Waals surface area contributed by atoms with Crippen LogP contribution in [0, 0.1) is 0 Å². The molecule has 1 saturated heterocycles. The van der Waals surface area contributed by atoms with Gasteiger partial charge in [-0.05, 0) is 43.4 Å². The summed E-state index contributed by atoms with van der Waals surface area (Å²) in [6.07, 6.45) is 3.39. The second-order valence-corrected chi connectivity index (χ2v) is 8.40. The van der Waals surface area contributed by atoms with Gasteiger partial charge in [-0.2, -0.15) is 0 Å². The van der Waals surface area contributed by atoms with Crippen molar-refractivity contribution in [2.75, 3.05) is 24.7 Å². The molecule has 4 rings (SSSR count). The Morgan fingerprint density at radius 2 is 2.04 bits per heavy atom. The lowest BCUT2D eigenvalue weighted by molar-refractivity contribution is -0.152. The van der Waals surface area contributed by atoms with Crippen molar-refractivity contribution in [2.45, 2.75) is 49.7 Å². The monoisotopic (exact) mass is 394 g/mol. The summed E-state index contributed by atoms with van der Waals surface area (Å²) >= 11 is 1.77. The number of para-hydroxylation sites is 1. The maximum Gasteiger partial charge on any atom is 0.266 e. The van der Waals surface area contributed by atoms with E-state index in [1.54, 1.807) is 18.1 Å². The lowest BCUT2D eigenvalue weighted by atomic mass is 9.68. The van der Waals surface area contributed by atoms with Crippen LogP contribution in [0.25, 0.3) is 10.9 Å². The first-order valence-corrected chi connectivity index (χ1v) is 10.5. The molecule has 0 unspecified atom stereocenters. The van der Waals surface area contributed by atoms with E-state index in [2.05, 4.69) is 20.9 Å². The van der Waals surface area contributed by atoms with E-state index in [0.29, 0.717) is 12.0 Å². The van der Waals surface area contributed by atoms with Crippen LogP contribution in [0.1, 0.15) is 37.2 Å². The van der Waals surface area contributed by atoms with Gasteiger partial charge in [-0.15, -0.1) is 0 Å². The van der Waals surface area contributed by atoms with E-state index >= 15 is 0 Å². The predicted octanol–water partition coefficient (Wildman–Crippen LogP) is 3.66. The number of hydrogen-bond acceptors (Lipinski definition) is 6. The number of rotatable bonds is 5. The van der Waals surface area contributed by atoms with Crippen molar-refractivity contribution >= 4 is 28.8 Å². The van der Waals surface area contributed by atoms with Gasteiger partial charge in [-0.25, -0.2) is 18.7 Å². The number of piperidine rings is 1. The summed E-state index contributed by atoms with van der Waals surface area (Å²) in [5.41, 5.74) is -0.148. The lowest BCUT2D eigenvalue weighted by Crippen LogP contribution is -2.48. The average molecular weight is 394 g/mol. The molecule has 2 aromatic rings. The number of aliphatic hydroxyl groups is 1. The van der Waals surface area contributed by atoms with Crippen LogP contribution in [0.4, 0.5) is 14.7 Å². The number of hydrogen-bond donors (Lipinski definition) is 2. The molecule has 1 saturated carbocycles. The Bertz CT molecular complexity index is 807. The normalized spacial score (nSPS) is 27.1. The van der Waals surface area contributed by atoms with Crippen molar-refractivity contribution < 1.29 is 13.9 Å². The third-order valence-electron chi connectivity index (χ3n) is 5.73. The van der Waals surface area contributed by atoms with Gasteiger partial charge in [0.1, 0.15) is 5.60 Å². The first kappa shape index (κ1) is 18.8. The fourth-order valence-electron chi connectivity index (χ4n) is 4.03. The molecule has 0 atom stereocenters. The molecule has 1 aliphatic carbocycles. The zero-order valence-corrected chi connectivity index (χ0v) is 16.1. The number of fused-ring (bicyclic) bond motifs is 1. The highest BCUT2D eigenvalue weighted by Gasteiger charge is 2.50. The smallest absolute Gasteiger partial charge is 0.266 e. The van der Waals surface area contributed by atoms with Gasteiger partial charge in [-0.1, -0.05) is 30.1 Å². The number of benzene rings is 1. The van der Waals surface area contributed by atoms with Crippen LogP contribution in [-0.2, 0) is 0 Å². The Morgan fingerprint density at radius 3 is 2.70 bits per heavy atom. The molecule has 0 radical (unpaired) electrons. The molecule has 1 aliphatic heterocycles. The molecule has 2 aliphatic rings. The van der Waals surface area contributed by atoms with E-state index in [1.807, 2.05) is 18.2 Å². The predicted molar refractivity (Wildman–Crippen MR) is 104 cm³/mol. The lowest BCUT2D eigenvalue weighted by Gasteiger charge is -2.43. The van der Waals surface area contributed by atoms with Crippen LogP contribution in [0.15, 0.2) is 24.4 Å². The summed E-state index contributed by atoms with van der Waals surface area (Å²) in [7, 11) is 0. The second kappa shape index (κ2) is 7.48. The van der Waals surface area contributed by atoms with E-state index in [1.165, 1.54) is 0 Å². The molecule has 27 heavy (non-hydrogen) atoms. The SMILES string of the molecule is CSN1CCC(Nc2ncc3cccc(C4CC(O)(C(F)F)C4)c3n2)CC1. The van der Waals surface area contributed by atoms with Gasteiger partial charge in [0.2, 0.25) is 5.95 Å². The van der Waals surface area contributed by atoms with E-state index in [0.717, 1.165) is 42.4 Å². The Labute approximate surface area is 161 Å². The van der Waals surface area contributed by atoms with Crippen LogP contribution in [-0.4, -0.2) is 56.8 Å². The Kier molecular flexibility index (Phi) is 5.22. The van der Waals surface area contributed by atoms with E-state index in [9.17, 15) is 13.9 Å². The Hall–Kier alpha value is -1.51. The molecule has 2 heterocycles. The molecule has 5 nitrogen and oxygen atoms in total. The van der Waals surface area contributed by atoms with Crippen LogP contribution >= 0.6 is 11.9 Å². The first-order chi connectivity index (χ1) is 13.0. The Balaban J connectivity index is 1.52. The van der Waals surface area contributed by atoms with E-state index in [4.69, 9.17) is 4.98 Å². The molecule has 0 bridgehead atoms. The summed E-state index contributed by atoms with van der Waals surface area (Å²) in [4.78, 5) is 9.12. The minimum absolute atomic E-state index is 0.0731. The van der Waals surface area contributed by atoms with Gasteiger partial charge in [0.25, 0.3) is 6.43 Å². The number of halogens is 2. The molecule has 2 N–H and O–H groups in total. The van der Waals surface area contributed by atoms with Gasteiger partial charge < -0.3 is 10.4 Å².